The number of anilines is 1. The third-order valence-electron chi connectivity index (χ3n) is 3.67. The van der Waals surface area contributed by atoms with E-state index in [2.05, 4.69) is 26.3 Å². The molecule has 0 aliphatic carbocycles. The lowest BCUT2D eigenvalue weighted by molar-refractivity contribution is -0.115. The summed E-state index contributed by atoms with van der Waals surface area (Å²) in [6.45, 7) is 2.13. The number of rotatable bonds is 6. The Morgan fingerprint density at radius 3 is 2.65 bits per heavy atom. The van der Waals surface area contributed by atoms with Crippen molar-refractivity contribution in [1.29, 1.82) is 0 Å². The topological polar surface area (TPSA) is 46.9 Å². The van der Waals surface area contributed by atoms with E-state index in [0.717, 1.165) is 4.90 Å². The number of carbonyl (C=O) groups excluding carboxylic acids is 1. The highest BCUT2D eigenvalue weighted by Gasteiger charge is 2.17. The van der Waals surface area contributed by atoms with Crippen molar-refractivity contribution in [1.82, 2.24) is 9.78 Å². The van der Waals surface area contributed by atoms with Crippen LogP contribution in [0.2, 0.25) is 0 Å². The minimum absolute atomic E-state index is 0.143. The molecule has 0 spiro atoms. The normalized spacial score (nSPS) is 12.0. The molecule has 1 aromatic heterocycles. The quantitative estimate of drug-likeness (QED) is 0.559. The summed E-state index contributed by atoms with van der Waals surface area (Å²) in [4.78, 5) is 13.5. The zero-order valence-corrected chi connectivity index (χ0v) is 16.4. The van der Waals surface area contributed by atoms with Gasteiger partial charge in [-0.25, -0.2) is 4.39 Å². The SMILES string of the molecule is CC(Sc1ccccc1)C(=O)Nc1nn(Cc2ccccc2F)cc1Br. The van der Waals surface area contributed by atoms with Gasteiger partial charge in [0, 0.05) is 16.7 Å². The lowest BCUT2D eigenvalue weighted by Gasteiger charge is -2.10. The molecule has 3 rings (SSSR count). The summed E-state index contributed by atoms with van der Waals surface area (Å²) < 4.78 is 16.0. The Morgan fingerprint density at radius 2 is 1.92 bits per heavy atom. The zero-order chi connectivity index (χ0) is 18.5. The molecule has 2 aromatic carbocycles. The molecule has 0 radical (unpaired) electrons. The van der Waals surface area contributed by atoms with E-state index in [1.54, 1.807) is 29.1 Å². The molecular weight excluding hydrogens is 417 g/mol. The van der Waals surface area contributed by atoms with E-state index >= 15 is 0 Å². The van der Waals surface area contributed by atoms with Crippen LogP contribution in [0.5, 0.6) is 0 Å². The summed E-state index contributed by atoms with van der Waals surface area (Å²) in [6, 6.07) is 16.3. The fraction of sp³-hybridized carbons (Fsp3) is 0.158. The van der Waals surface area contributed by atoms with E-state index in [4.69, 9.17) is 0 Å². The van der Waals surface area contributed by atoms with Crippen molar-refractivity contribution < 1.29 is 9.18 Å². The number of aromatic nitrogens is 2. The van der Waals surface area contributed by atoms with Crippen LogP contribution in [0.4, 0.5) is 10.2 Å². The van der Waals surface area contributed by atoms with Gasteiger partial charge in [0.15, 0.2) is 5.82 Å². The van der Waals surface area contributed by atoms with Crippen molar-refractivity contribution in [3.8, 4) is 0 Å². The van der Waals surface area contributed by atoms with Gasteiger partial charge in [-0.15, -0.1) is 11.8 Å². The van der Waals surface area contributed by atoms with Crippen molar-refractivity contribution >= 4 is 39.4 Å². The van der Waals surface area contributed by atoms with Crippen LogP contribution in [0.15, 0.2) is 70.2 Å². The first-order valence-corrected chi connectivity index (χ1v) is 9.69. The molecule has 0 aliphatic heterocycles. The maximum Gasteiger partial charge on any atom is 0.238 e. The molecule has 1 unspecified atom stereocenters. The van der Waals surface area contributed by atoms with Gasteiger partial charge in [0.2, 0.25) is 5.91 Å². The Labute approximate surface area is 163 Å². The Hall–Kier alpha value is -2.12. The van der Waals surface area contributed by atoms with Crippen LogP contribution in [-0.2, 0) is 11.3 Å². The predicted octanol–water partition coefficient (Wildman–Crippen LogP) is 4.95. The van der Waals surface area contributed by atoms with Crippen molar-refractivity contribution in [2.24, 2.45) is 0 Å². The Bertz CT molecular complexity index is 901. The predicted molar refractivity (Wildman–Crippen MR) is 106 cm³/mol. The van der Waals surface area contributed by atoms with E-state index in [-0.39, 0.29) is 23.5 Å². The number of nitrogens with one attached hydrogen (secondary N) is 1. The average Bonchev–Trinajstić information content (AvgIpc) is 2.97. The van der Waals surface area contributed by atoms with Crippen LogP contribution < -0.4 is 5.32 Å². The van der Waals surface area contributed by atoms with Crippen LogP contribution >= 0.6 is 27.7 Å². The van der Waals surface area contributed by atoms with Crippen LogP contribution in [0.1, 0.15) is 12.5 Å². The minimum Gasteiger partial charge on any atom is -0.307 e. The van der Waals surface area contributed by atoms with Gasteiger partial charge in [0.05, 0.1) is 16.3 Å². The number of hydrogen-bond donors (Lipinski definition) is 1. The third-order valence-corrected chi connectivity index (χ3v) is 5.37. The largest absolute Gasteiger partial charge is 0.307 e. The number of carbonyl (C=O) groups is 1. The average molecular weight is 434 g/mol. The van der Waals surface area contributed by atoms with E-state index in [1.165, 1.54) is 17.8 Å². The number of nitrogens with zero attached hydrogens (tertiary/aromatic N) is 2. The summed E-state index contributed by atoms with van der Waals surface area (Å²) in [5.41, 5.74) is 0.536. The summed E-state index contributed by atoms with van der Waals surface area (Å²) in [6.07, 6.45) is 1.72. The standard InChI is InChI=1S/C19H17BrFN3OS/c1-13(26-15-8-3-2-4-9-15)19(25)22-18-16(20)12-24(23-18)11-14-7-5-6-10-17(14)21/h2-10,12-13H,11H2,1H3,(H,22,23,25). The van der Waals surface area contributed by atoms with Crippen molar-refractivity contribution in [2.75, 3.05) is 5.32 Å². The summed E-state index contributed by atoms with van der Waals surface area (Å²) >= 11 is 4.87. The van der Waals surface area contributed by atoms with Crippen LogP contribution in [0.3, 0.4) is 0 Å². The molecule has 0 bridgehead atoms. The number of halogens is 2. The highest BCUT2D eigenvalue weighted by molar-refractivity contribution is 9.10. The highest BCUT2D eigenvalue weighted by Crippen LogP contribution is 2.26. The van der Waals surface area contributed by atoms with Gasteiger partial charge >= 0.3 is 0 Å². The van der Waals surface area contributed by atoms with E-state index in [9.17, 15) is 9.18 Å². The van der Waals surface area contributed by atoms with Gasteiger partial charge in [0.1, 0.15) is 5.82 Å². The van der Waals surface area contributed by atoms with Crippen LogP contribution in [0.25, 0.3) is 0 Å². The van der Waals surface area contributed by atoms with Gasteiger partial charge in [0.25, 0.3) is 0 Å². The molecular formula is C19H17BrFN3OS. The molecule has 0 saturated heterocycles. The lowest BCUT2D eigenvalue weighted by Crippen LogP contribution is -2.23. The maximum atomic E-state index is 13.8. The number of thioether (sulfide) groups is 1. The molecule has 1 N–H and O–H groups in total. The monoisotopic (exact) mass is 433 g/mol. The molecule has 1 amide bonds. The summed E-state index contributed by atoms with van der Waals surface area (Å²) in [5, 5.41) is 6.88. The summed E-state index contributed by atoms with van der Waals surface area (Å²) in [5.74, 6) is 0.000127. The number of amides is 1. The molecule has 0 fully saturated rings. The first-order valence-electron chi connectivity index (χ1n) is 8.02. The molecule has 4 nitrogen and oxygen atoms in total. The second kappa shape index (κ2) is 8.51. The molecule has 0 aliphatic rings. The van der Waals surface area contributed by atoms with Crippen molar-refractivity contribution in [3.63, 3.8) is 0 Å². The first-order chi connectivity index (χ1) is 12.5. The molecule has 26 heavy (non-hydrogen) atoms. The van der Waals surface area contributed by atoms with Gasteiger partial charge in [-0.2, -0.15) is 5.10 Å². The van der Waals surface area contributed by atoms with E-state index in [1.807, 2.05) is 37.3 Å². The van der Waals surface area contributed by atoms with Crippen molar-refractivity contribution in [2.45, 2.75) is 23.6 Å². The Morgan fingerprint density at radius 1 is 1.23 bits per heavy atom. The first kappa shape index (κ1) is 18.7. The molecule has 7 heteroatoms. The second-order valence-electron chi connectivity index (χ2n) is 5.68. The molecule has 0 saturated carbocycles. The summed E-state index contributed by atoms with van der Waals surface area (Å²) in [7, 11) is 0. The smallest absolute Gasteiger partial charge is 0.238 e. The third kappa shape index (κ3) is 4.74. The lowest BCUT2D eigenvalue weighted by atomic mass is 10.2. The molecule has 3 aromatic rings. The van der Waals surface area contributed by atoms with Crippen molar-refractivity contribution in [3.05, 3.63) is 76.6 Å². The Balaban J connectivity index is 1.65. The fourth-order valence-corrected chi connectivity index (χ4v) is 3.64. The van der Waals surface area contributed by atoms with E-state index in [0.29, 0.717) is 15.9 Å². The van der Waals surface area contributed by atoms with Gasteiger partial charge in [-0.1, -0.05) is 36.4 Å². The second-order valence-corrected chi connectivity index (χ2v) is 7.95. The molecule has 1 atom stereocenters. The molecule has 1 heterocycles. The van der Waals surface area contributed by atoms with Crippen LogP contribution in [0, 0.1) is 5.82 Å². The Kier molecular flexibility index (Phi) is 6.11. The number of hydrogen-bond acceptors (Lipinski definition) is 3. The zero-order valence-electron chi connectivity index (χ0n) is 14.0. The van der Waals surface area contributed by atoms with Gasteiger partial charge in [-0.05, 0) is 41.1 Å². The fourth-order valence-electron chi connectivity index (χ4n) is 2.34. The van der Waals surface area contributed by atoms with Crippen LogP contribution in [-0.4, -0.2) is 20.9 Å². The highest BCUT2D eigenvalue weighted by atomic mass is 79.9. The van der Waals surface area contributed by atoms with E-state index < -0.39 is 0 Å². The molecule has 134 valence electrons. The van der Waals surface area contributed by atoms with Gasteiger partial charge < -0.3 is 5.32 Å². The maximum absolute atomic E-state index is 13.8. The van der Waals surface area contributed by atoms with Gasteiger partial charge in [-0.3, -0.25) is 9.48 Å². The minimum atomic E-state index is -0.280. The number of benzene rings is 2.